The number of likely N-dealkylation sites (N-methyl/N-ethyl adjacent to an activating group) is 1. The molecule has 94 valence electrons. The van der Waals surface area contributed by atoms with Gasteiger partial charge >= 0.3 is 0 Å². The Balaban J connectivity index is 1.90. The summed E-state index contributed by atoms with van der Waals surface area (Å²) in [6.07, 6.45) is 3.77. The third-order valence-electron chi connectivity index (χ3n) is 3.38. The molecule has 0 saturated carbocycles. The van der Waals surface area contributed by atoms with Gasteiger partial charge in [0.25, 0.3) is 0 Å². The molecule has 0 aromatic heterocycles. The summed E-state index contributed by atoms with van der Waals surface area (Å²) in [7, 11) is 2.15. The van der Waals surface area contributed by atoms with E-state index in [0.717, 1.165) is 18.8 Å². The van der Waals surface area contributed by atoms with Crippen LogP contribution in [0.2, 0.25) is 5.02 Å². The van der Waals surface area contributed by atoms with Gasteiger partial charge in [0.2, 0.25) is 0 Å². The van der Waals surface area contributed by atoms with Crippen molar-refractivity contribution in [1.82, 2.24) is 4.90 Å². The predicted molar refractivity (Wildman–Crippen MR) is 70.2 cm³/mol. The molecule has 0 spiro atoms. The van der Waals surface area contributed by atoms with Gasteiger partial charge < -0.3 is 10.2 Å². The Labute approximate surface area is 107 Å². The van der Waals surface area contributed by atoms with Crippen LogP contribution in [0.4, 0.5) is 10.1 Å². The Hall–Kier alpha value is -0.800. The zero-order valence-electron chi connectivity index (χ0n) is 10.0. The quantitative estimate of drug-likeness (QED) is 0.892. The fraction of sp³-hybridized carbons (Fsp3) is 0.538. The molecule has 1 saturated heterocycles. The molecule has 0 radical (unpaired) electrons. The number of hydrogen-bond acceptors (Lipinski definition) is 2. The minimum absolute atomic E-state index is 0.172. The maximum atomic E-state index is 13.2. The number of piperidine rings is 1. The summed E-state index contributed by atoms with van der Waals surface area (Å²) in [6.45, 7) is 2.01. The van der Waals surface area contributed by atoms with Crippen LogP contribution in [-0.2, 0) is 0 Å². The van der Waals surface area contributed by atoms with Crippen molar-refractivity contribution in [3.8, 4) is 0 Å². The Morgan fingerprint density at radius 2 is 2.29 bits per heavy atom. The second kappa shape index (κ2) is 5.69. The summed E-state index contributed by atoms with van der Waals surface area (Å²) in [5.41, 5.74) is 0.797. The highest BCUT2D eigenvalue weighted by Crippen LogP contribution is 2.20. The Morgan fingerprint density at radius 1 is 1.47 bits per heavy atom. The van der Waals surface area contributed by atoms with Crippen LogP contribution in [0, 0.1) is 5.82 Å². The Bertz CT molecular complexity index is 384. The van der Waals surface area contributed by atoms with E-state index < -0.39 is 0 Å². The van der Waals surface area contributed by atoms with E-state index in [1.54, 1.807) is 6.07 Å². The molecule has 1 atom stereocenters. The van der Waals surface area contributed by atoms with Crippen LogP contribution < -0.4 is 5.32 Å². The van der Waals surface area contributed by atoms with Crippen molar-refractivity contribution in [2.24, 2.45) is 0 Å². The van der Waals surface area contributed by atoms with E-state index in [-0.39, 0.29) is 10.8 Å². The molecular weight excluding hydrogens is 239 g/mol. The molecular formula is C13H18ClFN2. The molecule has 1 N–H and O–H groups in total. The highest BCUT2D eigenvalue weighted by atomic mass is 35.5. The zero-order chi connectivity index (χ0) is 12.3. The number of hydrogen-bond donors (Lipinski definition) is 1. The lowest BCUT2D eigenvalue weighted by atomic mass is 10.0. The van der Waals surface area contributed by atoms with Crippen molar-refractivity contribution in [2.75, 3.05) is 25.5 Å². The van der Waals surface area contributed by atoms with Crippen LogP contribution in [0.1, 0.15) is 19.3 Å². The third-order valence-corrected chi connectivity index (χ3v) is 3.69. The van der Waals surface area contributed by atoms with Gasteiger partial charge in [0.05, 0.1) is 5.02 Å². The van der Waals surface area contributed by atoms with E-state index >= 15 is 0 Å². The summed E-state index contributed by atoms with van der Waals surface area (Å²) in [4.78, 5) is 2.36. The SMILES string of the molecule is CN1CCCCC1CNc1ccc(Cl)c(F)c1. The van der Waals surface area contributed by atoms with E-state index in [1.165, 1.54) is 25.3 Å². The molecule has 1 unspecified atom stereocenters. The number of likely N-dealkylation sites (tertiary alicyclic amines) is 1. The fourth-order valence-corrected chi connectivity index (χ4v) is 2.36. The standard InChI is InChI=1S/C13H18ClFN2/c1-17-7-3-2-4-11(17)9-16-10-5-6-12(14)13(15)8-10/h5-6,8,11,16H,2-4,7,9H2,1H3. The average Bonchev–Trinajstić information content (AvgIpc) is 2.32. The predicted octanol–water partition coefficient (Wildman–Crippen LogP) is 3.38. The van der Waals surface area contributed by atoms with Crippen molar-refractivity contribution in [3.63, 3.8) is 0 Å². The second-order valence-electron chi connectivity index (χ2n) is 4.64. The van der Waals surface area contributed by atoms with Gasteiger partial charge in [0, 0.05) is 18.3 Å². The third kappa shape index (κ3) is 3.33. The van der Waals surface area contributed by atoms with Crippen LogP contribution in [0.5, 0.6) is 0 Å². The first-order valence-electron chi connectivity index (χ1n) is 6.06. The van der Waals surface area contributed by atoms with Crippen LogP contribution in [0.15, 0.2) is 18.2 Å². The van der Waals surface area contributed by atoms with E-state index in [1.807, 2.05) is 6.07 Å². The van der Waals surface area contributed by atoms with Gasteiger partial charge in [0.15, 0.2) is 0 Å². The van der Waals surface area contributed by atoms with Crippen LogP contribution in [0.3, 0.4) is 0 Å². The molecule has 1 fully saturated rings. The van der Waals surface area contributed by atoms with Crippen molar-refractivity contribution < 1.29 is 4.39 Å². The highest BCUT2D eigenvalue weighted by Gasteiger charge is 2.18. The van der Waals surface area contributed by atoms with Crippen LogP contribution in [-0.4, -0.2) is 31.1 Å². The summed E-state index contributed by atoms with van der Waals surface area (Å²) in [6, 6.07) is 5.39. The largest absolute Gasteiger partial charge is 0.383 e. The van der Waals surface area contributed by atoms with Gasteiger partial charge in [0.1, 0.15) is 5.82 Å². The van der Waals surface area contributed by atoms with Gasteiger partial charge in [-0.15, -0.1) is 0 Å². The van der Waals surface area contributed by atoms with Crippen molar-refractivity contribution >= 4 is 17.3 Å². The molecule has 4 heteroatoms. The molecule has 1 aromatic rings. The lowest BCUT2D eigenvalue weighted by Crippen LogP contribution is -2.40. The van der Waals surface area contributed by atoms with Gasteiger partial charge in [-0.25, -0.2) is 4.39 Å². The Kier molecular flexibility index (Phi) is 4.24. The first kappa shape index (κ1) is 12.7. The van der Waals surface area contributed by atoms with E-state index in [9.17, 15) is 4.39 Å². The zero-order valence-corrected chi connectivity index (χ0v) is 10.8. The molecule has 0 amide bonds. The molecule has 0 aliphatic carbocycles. The number of nitrogens with zero attached hydrogens (tertiary/aromatic N) is 1. The number of anilines is 1. The van der Waals surface area contributed by atoms with Crippen LogP contribution in [0.25, 0.3) is 0 Å². The fourth-order valence-electron chi connectivity index (χ4n) is 2.24. The lowest BCUT2D eigenvalue weighted by Gasteiger charge is -2.32. The maximum absolute atomic E-state index is 13.2. The number of rotatable bonds is 3. The van der Waals surface area contributed by atoms with Gasteiger partial charge in [-0.05, 0) is 44.6 Å². The number of benzene rings is 1. The summed E-state index contributed by atoms with van der Waals surface area (Å²) >= 11 is 5.64. The normalized spacial score (nSPS) is 21.5. The minimum Gasteiger partial charge on any atom is -0.383 e. The van der Waals surface area contributed by atoms with Gasteiger partial charge in [-0.3, -0.25) is 0 Å². The van der Waals surface area contributed by atoms with Crippen LogP contribution >= 0.6 is 11.6 Å². The molecule has 2 nitrogen and oxygen atoms in total. The first-order chi connectivity index (χ1) is 8.16. The Morgan fingerprint density at radius 3 is 3.00 bits per heavy atom. The summed E-state index contributed by atoms with van der Waals surface area (Å²) in [5.74, 6) is -0.367. The molecule has 1 aliphatic rings. The van der Waals surface area contributed by atoms with Crippen molar-refractivity contribution in [3.05, 3.63) is 29.0 Å². The van der Waals surface area contributed by atoms with E-state index in [4.69, 9.17) is 11.6 Å². The van der Waals surface area contributed by atoms with Gasteiger partial charge in [-0.2, -0.15) is 0 Å². The van der Waals surface area contributed by atoms with Crippen molar-refractivity contribution in [2.45, 2.75) is 25.3 Å². The topological polar surface area (TPSA) is 15.3 Å². The molecule has 0 bridgehead atoms. The monoisotopic (exact) mass is 256 g/mol. The maximum Gasteiger partial charge on any atom is 0.143 e. The van der Waals surface area contributed by atoms with Crippen molar-refractivity contribution in [1.29, 1.82) is 0 Å². The number of nitrogens with one attached hydrogen (secondary N) is 1. The molecule has 1 aromatic carbocycles. The molecule has 1 aliphatic heterocycles. The average molecular weight is 257 g/mol. The first-order valence-corrected chi connectivity index (χ1v) is 6.44. The lowest BCUT2D eigenvalue weighted by molar-refractivity contribution is 0.194. The molecule has 1 heterocycles. The second-order valence-corrected chi connectivity index (χ2v) is 5.05. The van der Waals surface area contributed by atoms with E-state index in [0.29, 0.717) is 6.04 Å². The molecule has 2 rings (SSSR count). The highest BCUT2D eigenvalue weighted by molar-refractivity contribution is 6.30. The summed E-state index contributed by atoms with van der Waals surface area (Å²) in [5, 5.41) is 3.44. The number of halogens is 2. The minimum atomic E-state index is -0.367. The summed E-state index contributed by atoms with van der Waals surface area (Å²) < 4.78 is 13.2. The van der Waals surface area contributed by atoms with E-state index in [2.05, 4.69) is 17.3 Å². The molecule has 17 heavy (non-hydrogen) atoms. The van der Waals surface area contributed by atoms with Gasteiger partial charge in [-0.1, -0.05) is 18.0 Å². The smallest absolute Gasteiger partial charge is 0.143 e.